The fraction of sp³-hybridized carbons (Fsp3) is 0.833. The van der Waals surface area contributed by atoms with E-state index in [4.69, 9.17) is 2.81 Å². The van der Waals surface area contributed by atoms with E-state index in [0.29, 0.717) is 0 Å². The molecule has 0 saturated carbocycles. The van der Waals surface area contributed by atoms with Gasteiger partial charge in [0.05, 0.1) is 0 Å². The van der Waals surface area contributed by atoms with Crippen molar-refractivity contribution in [3.05, 3.63) is 0 Å². The van der Waals surface area contributed by atoms with E-state index in [-0.39, 0.29) is 5.97 Å². The Labute approximate surface area is 64.9 Å². The Morgan fingerprint density at radius 1 is 1.44 bits per heavy atom. The van der Waals surface area contributed by atoms with Crippen LogP contribution < -0.4 is 0 Å². The van der Waals surface area contributed by atoms with E-state index in [1.54, 1.807) is 0 Å². The number of hydrogen-bond acceptors (Lipinski definition) is 2. The molecular weight excluding hydrogens is 313 g/mol. The van der Waals surface area contributed by atoms with Crippen molar-refractivity contribution in [2.75, 3.05) is 0 Å². The summed E-state index contributed by atoms with van der Waals surface area (Å²) in [6.07, 6.45) is 0. The number of rotatable bonds is 3. The zero-order valence-electron chi connectivity index (χ0n) is 6.18. The summed E-state index contributed by atoms with van der Waals surface area (Å²) in [5.74, 6) is -0.0866. The van der Waals surface area contributed by atoms with E-state index in [2.05, 4.69) is 13.8 Å². The molecule has 0 spiro atoms. The third kappa shape index (κ3) is 4.83. The first-order valence-corrected chi connectivity index (χ1v) is 9.47. The van der Waals surface area contributed by atoms with Crippen LogP contribution >= 0.6 is 0 Å². The van der Waals surface area contributed by atoms with Crippen molar-refractivity contribution in [3.8, 4) is 0 Å². The average Bonchev–Trinajstić information content (AvgIpc) is 1.82. The van der Waals surface area contributed by atoms with Gasteiger partial charge in [-0.15, -0.1) is 0 Å². The van der Waals surface area contributed by atoms with E-state index in [9.17, 15) is 4.79 Å². The van der Waals surface area contributed by atoms with E-state index < -0.39 is 22.2 Å². The van der Waals surface area contributed by atoms with Gasteiger partial charge < -0.3 is 0 Å². The molecule has 0 aliphatic carbocycles. The quantitative estimate of drug-likeness (QED) is 0.736. The molecule has 0 heterocycles. The van der Waals surface area contributed by atoms with Crippen LogP contribution in [0.25, 0.3) is 0 Å². The van der Waals surface area contributed by atoms with Gasteiger partial charge in [0.2, 0.25) is 0 Å². The Kier molecular flexibility index (Phi) is 5.37. The molecule has 3 heteroatoms. The molecule has 54 valence electrons. The second-order valence-corrected chi connectivity index (χ2v) is 11.1. The van der Waals surface area contributed by atoms with Crippen LogP contribution in [0.1, 0.15) is 20.8 Å². The van der Waals surface area contributed by atoms with Gasteiger partial charge in [0, 0.05) is 0 Å². The van der Waals surface area contributed by atoms with E-state index in [1.165, 1.54) is 6.92 Å². The fourth-order valence-corrected chi connectivity index (χ4v) is 4.69. The molecule has 0 aliphatic rings. The van der Waals surface area contributed by atoms with Gasteiger partial charge in [0.1, 0.15) is 0 Å². The van der Waals surface area contributed by atoms with Crippen LogP contribution in [0, 0.1) is 0 Å². The summed E-state index contributed by atoms with van der Waals surface area (Å²) in [5, 5.41) is 0. The van der Waals surface area contributed by atoms with Crippen LogP contribution in [-0.4, -0.2) is 28.2 Å². The van der Waals surface area contributed by atoms with Gasteiger partial charge in [-0.1, -0.05) is 0 Å². The number of hydrogen-bond donors (Lipinski definition) is 0. The minimum atomic E-state index is -1.67. The maximum atomic E-state index is 10.4. The van der Waals surface area contributed by atoms with Crippen LogP contribution in [0.4, 0.5) is 0 Å². The molecule has 9 heavy (non-hydrogen) atoms. The summed E-state index contributed by atoms with van der Waals surface area (Å²) >= 11 is -1.67. The van der Waals surface area contributed by atoms with Crippen LogP contribution in [0.3, 0.4) is 0 Å². The van der Waals surface area contributed by atoms with Crippen LogP contribution in [0.2, 0.25) is 8.26 Å². The predicted octanol–water partition coefficient (Wildman–Crippen LogP) is 1.58. The molecule has 0 radical (unpaired) electrons. The zero-order chi connectivity index (χ0) is 7.28. The molecule has 0 unspecified atom stereocenters. The molecule has 0 aromatic carbocycles. The zero-order valence-corrected chi connectivity index (χ0v) is 9.65. The molecule has 0 aromatic rings. The minimum absolute atomic E-state index is 0.0866. The van der Waals surface area contributed by atoms with Crippen molar-refractivity contribution in [3.63, 3.8) is 0 Å². The fourth-order valence-electron chi connectivity index (χ4n) is 0.535. The molecule has 0 bridgehead atoms. The van der Waals surface area contributed by atoms with Crippen molar-refractivity contribution < 1.29 is 7.61 Å². The first kappa shape index (κ1) is 9.35. The molecule has 0 N–H and O–H groups in total. The van der Waals surface area contributed by atoms with E-state index in [1.807, 2.05) is 0 Å². The van der Waals surface area contributed by atoms with Crippen molar-refractivity contribution >= 4 is 28.2 Å². The van der Waals surface area contributed by atoms with Crippen molar-refractivity contribution in [1.29, 1.82) is 0 Å². The molecule has 0 fully saturated rings. The Morgan fingerprint density at radius 2 is 1.89 bits per heavy atom. The van der Waals surface area contributed by atoms with Gasteiger partial charge in [0.25, 0.3) is 0 Å². The Hall–Kier alpha value is 0.353. The maximum absolute atomic E-state index is 10.4. The molecular formula is C6H13BiO2. The molecule has 0 rings (SSSR count). The Balaban J connectivity index is 3.43. The Bertz CT molecular complexity index is 89.1. The molecule has 0 aliphatic heterocycles. The summed E-state index contributed by atoms with van der Waals surface area (Å²) in [6, 6.07) is 0. The van der Waals surface area contributed by atoms with Gasteiger partial charge in [-0.3, -0.25) is 0 Å². The summed E-state index contributed by atoms with van der Waals surface area (Å²) in [7, 11) is 0. The third-order valence-electron chi connectivity index (χ3n) is 0.963. The molecule has 0 amide bonds. The predicted molar refractivity (Wildman–Crippen MR) is 38.5 cm³/mol. The summed E-state index contributed by atoms with van der Waals surface area (Å²) in [5.41, 5.74) is 0. The van der Waals surface area contributed by atoms with Gasteiger partial charge in [-0.2, -0.15) is 0 Å². The Morgan fingerprint density at radius 3 is 2.00 bits per heavy atom. The van der Waals surface area contributed by atoms with Crippen molar-refractivity contribution in [1.82, 2.24) is 0 Å². The summed E-state index contributed by atoms with van der Waals surface area (Å²) in [4.78, 5) is 10.4. The van der Waals surface area contributed by atoms with Crippen molar-refractivity contribution in [2.45, 2.75) is 29.0 Å². The van der Waals surface area contributed by atoms with Gasteiger partial charge in [-0.05, 0) is 0 Å². The van der Waals surface area contributed by atoms with Crippen molar-refractivity contribution in [2.24, 2.45) is 0 Å². The average molecular weight is 326 g/mol. The first-order valence-electron chi connectivity index (χ1n) is 3.14. The molecule has 0 aromatic heterocycles. The molecule has 0 saturated heterocycles. The molecule has 2 nitrogen and oxygen atoms in total. The SMILES string of the molecule is C[CH2][Bi]([CH2]C)[O]C(C)=O. The summed E-state index contributed by atoms with van der Waals surface area (Å²) in [6.45, 7) is 5.70. The first-order chi connectivity index (χ1) is 4.20. The second kappa shape index (κ2) is 5.16. The van der Waals surface area contributed by atoms with Gasteiger partial charge >= 0.3 is 64.8 Å². The normalized spacial score (nSPS) is 9.78. The van der Waals surface area contributed by atoms with Crippen LogP contribution in [-0.2, 0) is 7.61 Å². The number of carbonyl (C=O) groups is 1. The van der Waals surface area contributed by atoms with Crippen LogP contribution in [0.15, 0.2) is 0 Å². The third-order valence-corrected chi connectivity index (χ3v) is 8.45. The number of carbonyl (C=O) groups excluding carboxylic acids is 1. The standard InChI is InChI=1S/C2H4O2.2C2H5.Bi/c1-2(3)4;2*1-2;/h1H3,(H,3,4);2*1H2,2H3;/q;;;+1/p-1. The topological polar surface area (TPSA) is 26.3 Å². The van der Waals surface area contributed by atoms with Gasteiger partial charge in [-0.25, -0.2) is 0 Å². The molecule has 0 atom stereocenters. The summed E-state index contributed by atoms with van der Waals surface area (Å²) < 4.78 is 7.35. The van der Waals surface area contributed by atoms with E-state index in [0.717, 1.165) is 8.26 Å². The van der Waals surface area contributed by atoms with Gasteiger partial charge in [0.15, 0.2) is 0 Å². The van der Waals surface area contributed by atoms with Crippen LogP contribution in [0.5, 0.6) is 0 Å². The monoisotopic (exact) mass is 326 g/mol. The second-order valence-electron chi connectivity index (χ2n) is 1.70. The van der Waals surface area contributed by atoms with E-state index >= 15 is 0 Å².